The molecule has 1 nitrogen and oxygen atoms in total. The number of hydrogen-bond acceptors (Lipinski definition) is 1. The minimum atomic E-state index is 0.617. The highest BCUT2D eigenvalue weighted by atomic mass is 14.3. The molecule has 0 bridgehead atoms. The molecule has 0 aliphatic heterocycles. The molecule has 0 atom stereocenters. The molecule has 1 fully saturated rings. The lowest BCUT2D eigenvalue weighted by molar-refractivity contribution is 1.04. The lowest BCUT2D eigenvalue weighted by Gasteiger charge is -1.97. The summed E-state index contributed by atoms with van der Waals surface area (Å²) in [6.07, 6.45) is 4.27. The fraction of sp³-hybridized carbons (Fsp3) is 0.444. The van der Waals surface area contributed by atoms with Crippen molar-refractivity contribution in [1.82, 2.24) is 0 Å². The molecule has 1 heteroatoms. The van der Waals surface area contributed by atoms with Crippen molar-refractivity contribution in [3.63, 3.8) is 0 Å². The van der Waals surface area contributed by atoms with E-state index in [1.54, 1.807) is 0 Å². The molecule has 1 aliphatic carbocycles. The molecule has 0 aromatic heterocycles. The number of rotatable bonds is 2. The van der Waals surface area contributed by atoms with Crippen LogP contribution >= 0.6 is 0 Å². The average molecular weight is 133 g/mol. The van der Waals surface area contributed by atoms with Gasteiger partial charge in [-0.2, -0.15) is 5.26 Å². The third-order valence-electron chi connectivity index (χ3n) is 1.83. The maximum absolute atomic E-state index is 8.59. The average Bonchev–Trinajstić information content (AvgIpc) is 2.71. The molecule has 1 rings (SSSR count). The summed E-state index contributed by atoms with van der Waals surface area (Å²) in [5.41, 5.74) is 1.80. The van der Waals surface area contributed by atoms with E-state index in [1.165, 1.54) is 12.8 Å². The molecular weight excluding hydrogens is 122 g/mol. The quantitative estimate of drug-likeness (QED) is 0.419. The number of nitrogens with zero attached hydrogens (tertiary/aromatic N) is 1. The molecule has 0 saturated heterocycles. The van der Waals surface area contributed by atoms with Crippen LogP contribution in [0.3, 0.4) is 0 Å². The number of nitriles is 1. The van der Waals surface area contributed by atoms with Gasteiger partial charge in [0.15, 0.2) is 0 Å². The van der Waals surface area contributed by atoms with Crippen LogP contribution in [0.5, 0.6) is 0 Å². The van der Waals surface area contributed by atoms with E-state index >= 15 is 0 Å². The van der Waals surface area contributed by atoms with Crippen molar-refractivity contribution < 1.29 is 0 Å². The largest absolute Gasteiger partial charge is 0.192 e. The molecule has 1 aliphatic rings. The summed E-state index contributed by atoms with van der Waals surface area (Å²) in [7, 11) is 0. The van der Waals surface area contributed by atoms with Gasteiger partial charge in [-0.1, -0.05) is 12.7 Å². The van der Waals surface area contributed by atoms with Gasteiger partial charge < -0.3 is 0 Å². The van der Waals surface area contributed by atoms with Gasteiger partial charge in [0.05, 0.1) is 11.6 Å². The van der Waals surface area contributed by atoms with Crippen LogP contribution in [0.1, 0.15) is 19.8 Å². The van der Waals surface area contributed by atoms with E-state index in [4.69, 9.17) is 5.26 Å². The van der Waals surface area contributed by atoms with Crippen LogP contribution in [0.2, 0.25) is 0 Å². The van der Waals surface area contributed by atoms with E-state index < -0.39 is 0 Å². The predicted molar refractivity (Wildman–Crippen MR) is 41.2 cm³/mol. The lowest BCUT2D eigenvalue weighted by atomic mass is 10.1. The smallest absolute Gasteiger partial charge is 0.0990 e. The summed E-state index contributed by atoms with van der Waals surface area (Å²) in [4.78, 5) is 0. The van der Waals surface area contributed by atoms with Gasteiger partial charge in [-0.15, -0.1) is 0 Å². The Bertz CT molecular complexity index is 213. The molecule has 0 aromatic rings. The van der Waals surface area contributed by atoms with E-state index in [1.807, 2.05) is 13.0 Å². The van der Waals surface area contributed by atoms with Crippen LogP contribution in [0.4, 0.5) is 0 Å². The Balaban J connectivity index is 2.63. The van der Waals surface area contributed by atoms with Gasteiger partial charge in [-0.3, -0.25) is 0 Å². The van der Waals surface area contributed by atoms with Crippen molar-refractivity contribution in [1.29, 1.82) is 5.26 Å². The second-order valence-electron chi connectivity index (χ2n) is 2.61. The Kier molecular flexibility index (Phi) is 1.91. The van der Waals surface area contributed by atoms with E-state index in [2.05, 4.69) is 12.6 Å². The zero-order valence-electron chi connectivity index (χ0n) is 6.22. The van der Waals surface area contributed by atoms with Crippen LogP contribution < -0.4 is 0 Å². The summed E-state index contributed by atoms with van der Waals surface area (Å²) in [5.74, 6) is 0.617. The SMILES string of the molecule is C=C(/C(C#N)=C\C)C1CC1. The van der Waals surface area contributed by atoms with Gasteiger partial charge in [0, 0.05) is 0 Å². The van der Waals surface area contributed by atoms with E-state index in [0.717, 1.165) is 11.1 Å². The van der Waals surface area contributed by atoms with Gasteiger partial charge >= 0.3 is 0 Å². The standard InChI is InChI=1S/C9H11N/c1-3-8(6-10)7(2)9-4-5-9/h3,9H,2,4-5H2,1H3/b8-3-. The third-order valence-corrected chi connectivity index (χ3v) is 1.83. The van der Waals surface area contributed by atoms with Crippen molar-refractivity contribution in [2.75, 3.05) is 0 Å². The molecular formula is C9H11N. The Morgan fingerprint density at radius 2 is 2.30 bits per heavy atom. The minimum Gasteiger partial charge on any atom is -0.192 e. The Morgan fingerprint density at radius 3 is 2.60 bits per heavy atom. The van der Waals surface area contributed by atoms with E-state index in [9.17, 15) is 0 Å². The molecule has 52 valence electrons. The number of hydrogen-bond donors (Lipinski definition) is 0. The minimum absolute atomic E-state index is 0.617. The van der Waals surface area contributed by atoms with Gasteiger partial charge in [0.2, 0.25) is 0 Å². The first-order valence-electron chi connectivity index (χ1n) is 3.55. The molecule has 0 radical (unpaired) electrons. The first kappa shape index (κ1) is 7.08. The van der Waals surface area contributed by atoms with Crippen molar-refractivity contribution >= 4 is 0 Å². The maximum atomic E-state index is 8.59. The van der Waals surface area contributed by atoms with Gasteiger partial charge in [0.1, 0.15) is 0 Å². The summed E-state index contributed by atoms with van der Waals surface area (Å²) in [5, 5.41) is 8.59. The van der Waals surface area contributed by atoms with Crippen LogP contribution in [-0.2, 0) is 0 Å². The molecule has 0 aromatic carbocycles. The number of allylic oxidation sites excluding steroid dienone is 3. The molecule has 0 amide bonds. The first-order valence-corrected chi connectivity index (χ1v) is 3.55. The van der Waals surface area contributed by atoms with E-state index in [0.29, 0.717) is 5.92 Å². The lowest BCUT2D eigenvalue weighted by Crippen LogP contribution is -1.85. The van der Waals surface area contributed by atoms with E-state index in [-0.39, 0.29) is 0 Å². The van der Waals surface area contributed by atoms with Gasteiger partial charge in [-0.05, 0) is 31.3 Å². The predicted octanol–water partition coefficient (Wildman–Crippen LogP) is 2.42. The second-order valence-corrected chi connectivity index (χ2v) is 2.61. The van der Waals surface area contributed by atoms with Crippen molar-refractivity contribution in [3.8, 4) is 6.07 Å². The molecule has 1 saturated carbocycles. The summed E-state index contributed by atoms with van der Waals surface area (Å²) >= 11 is 0. The highest BCUT2D eigenvalue weighted by Gasteiger charge is 2.25. The summed E-state index contributed by atoms with van der Waals surface area (Å²) < 4.78 is 0. The fourth-order valence-corrected chi connectivity index (χ4v) is 0.973. The summed E-state index contributed by atoms with van der Waals surface area (Å²) in [6, 6.07) is 2.13. The Morgan fingerprint density at radius 1 is 1.70 bits per heavy atom. The van der Waals surface area contributed by atoms with Crippen molar-refractivity contribution in [2.45, 2.75) is 19.8 Å². The normalized spacial score (nSPS) is 18.2. The molecule has 0 N–H and O–H groups in total. The molecule has 0 spiro atoms. The zero-order valence-corrected chi connectivity index (χ0v) is 6.22. The maximum Gasteiger partial charge on any atom is 0.0990 e. The fourth-order valence-electron chi connectivity index (χ4n) is 0.973. The van der Waals surface area contributed by atoms with Crippen molar-refractivity contribution in [3.05, 3.63) is 23.8 Å². The molecule has 10 heavy (non-hydrogen) atoms. The van der Waals surface area contributed by atoms with Crippen LogP contribution in [-0.4, -0.2) is 0 Å². The van der Waals surface area contributed by atoms with Crippen molar-refractivity contribution in [2.24, 2.45) is 5.92 Å². The van der Waals surface area contributed by atoms with Crippen LogP contribution in [0, 0.1) is 17.2 Å². The third kappa shape index (κ3) is 1.27. The first-order chi connectivity index (χ1) is 4.79. The van der Waals surface area contributed by atoms with Crippen LogP contribution in [0.25, 0.3) is 0 Å². The Hall–Kier alpha value is -1.03. The Labute approximate surface area is 61.7 Å². The van der Waals surface area contributed by atoms with Gasteiger partial charge in [-0.25, -0.2) is 0 Å². The highest BCUT2D eigenvalue weighted by Crippen LogP contribution is 2.38. The zero-order chi connectivity index (χ0) is 7.56. The highest BCUT2D eigenvalue weighted by molar-refractivity contribution is 5.42. The summed E-state index contributed by atoms with van der Waals surface area (Å²) in [6.45, 7) is 5.75. The second kappa shape index (κ2) is 2.70. The van der Waals surface area contributed by atoms with Crippen LogP contribution in [0.15, 0.2) is 23.8 Å². The van der Waals surface area contributed by atoms with Gasteiger partial charge in [0.25, 0.3) is 0 Å². The molecule has 0 heterocycles. The topological polar surface area (TPSA) is 23.8 Å². The monoisotopic (exact) mass is 133 g/mol. The molecule has 0 unspecified atom stereocenters.